The molecule has 1 amide bonds. The Labute approximate surface area is 191 Å². The van der Waals surface area contributed by atoms with Gasteiger partial charge in [-0.1, -0.05) is 54.6 Å². The molecule has 0 unspecified atom stereocenters. The summed E-state index contributed by atoms with van der Waals surface area (Å²) < 4.78 is 5.45. The van der Waals surface area contributed by atoms with Gasteiger partial charge in [-0.2, -0.15) is 0 Å². The highest BCUT2D eigenvalue weighted by Crippen LogP contribution is 2.14. The Morgan fingerprint density at radius 2 is 1.69 bits per heavy atom. The number of amides is 1. The number of ether oxygens (including phenoxy) is 1. The van der Waals surface area contributed by atoms with Gasteiger partial charge in [0.25, 0.3) is 0 Å². The second-order valence-electron chi connectivity index (χ2n) is 7.79. The molecule has 3 N–H and O–H groups in total. The van der Waals surface area contributed by atoms with Crippen molar-refractivity contribution in [3.63, 3.8) is 0 Å². The van der Waals surface area contributed by atoms with Crippen molar-refractivity contribution in [1.82, 2.24) is 20.9 Å². The number of nitrogens with one attached hydrogen (secondary N) is 3. The lowest BCUT2D eigenvalue weighted by atomic mass is 10.1. The second-order valence-corrected chi connectivity index (χ2v) is 7.79. The van der Waals surface area contributed by atoms with Crippen molar-refractivity contribution < 1.29 is 9.53 Å². The summed E-state index contributed by atoms with van der Waals surface area (Å²) in [5.74, 6) is 0.603. The molecule has 2 aromatic rings. The number of benzene rings is 2. The van der Waals surface area contributed by atoms with E-state index in [1.165, 1.54) is 16.7 Å². The number of hydrogen-bond donors (Lipinski definition) is 3. The summed E-state index contributed by atoms with van der Waals surface area (Å²) in [5, 5.41) is 9.32. The van der Waals surface area contributed by atoms with Crippen LogP contribution in [0.3, 0.4) is 0 Å². The summed E-state index contributed by atoms with van der Waals surface area (Å²) in [5.41, 5.74) is 3.70. The van der Waals surface area contributed by atoms with Gasteiger partial charge in [-0.3, -0.25) is 9.69 Å². The van der Waals surface area contributed by atoms with Crippen LogP contribution in [0.2, 0.25) is 0 Å². The van der Waals surface area contributed by atoms with Gasteiger partial charge in [0, 0.05) is 32.7 Å². The number of aliphatic imine (C=N–C) groups is 1. The van der Waals surface area contributed by atoms with E-state index in [-0.39, 0.29) is 12.5 Å². The maximum absolute atomic E-state index is 12.2. The molecule has 0 aromatic heterocycles. The maximum Gasteiger partial charge on any atom is 0.239 e. The highest BCUT2D eigenvalue weighted by atomic mass is 16.5. The smallest absolute Gasteiger partial charge is 0.239 e. The third kappa shape index (κ3) is 8.32. The number of nitrogens with zero attached hydrogens (tertiary/aromatic N) is 2. The number of carbonyl (C=O) groups excluding carboxylic acids is 1. The quantitative estimate of drug-likeness (QED) is 0.391. The van der Waals surface area contributed by atoms with Crippen LogP contribution in [0.15, 0.2) is 59.6 Å². The molecule has 1 saturated heterocycles. The highest BCUT2D eigenvalue weighted by molar-refractivity contribution is 5.86. The average molecular weight is 438 g/mol. The van der Waals surface area contributed by atoms with Gasteiger partial charge < -0.3 is 20.7 Å². The van der Waals surface area contributed by atoms with Crippen LogP contribution in [0.1, 0.15) is 23.6 Å². The monoisotopic (exact) mass is 437 g/mol. The molecule has 2 aromatic carbocycles. The molecule has 0 radical (unpaired) electrons. The van der Waals surface area contributed by atoms with Crippen molar-refractivity contribution in [2.24, 2.45) is 4.99 Å². The van der Waals surface area contributed by atoms with Crippen LogP contribution < -0.4 is 16.0 Å². The van der Waals surface area contributed by atoms with Crippen molar-refractivity contribution in [1.29, 1.82) is 0 Å². The first-order valence-corrected chi connectivity index (χ1v) is 11.4. The van der Waals surface area contributed by atoms with Crippen LogP contribution in [0.5, 0.6) is 0 Å². The van der Waals surface area contributed by atoms with Crippen molar-refractivity contribution in [3.8, 4) is 0 Å². The molecule has 0 aliphatic carbocycles. The summed E-state index contributed by atoms with van der Waals surface area (Å²) >= 11 is 0. The van der Waals surface area contributed by atoms with Gasteiger partial charge in [-0.15, -0.1) is 0 Å². The van der Waals surface area contributed by atoms with Gasteiger partial charge in [-0.25, -0.2) is 4.99 Å². The Balaban J connectivity index is 1.48. The fourth-order valence-corrected chi connectivity index (χ4v) is 3.59. The highest BCUT2D eigenvalue weighted by Gasteiger charge is 2.12. The van der Waals surface area contributed by atoms with Gasteiger partial charge in [-0.05, 0) is 30.0 Å². The molecular formula is C25H35N5O2. The van der Waals surface area contributed by atoms with Crippen molar-refractivity contribution >= 4 is 11.9 Å². The molecular weight excluding hydrogens is 402 g/mol. The molecule has 1 heterocycles. The summed E-state index contributed by atoms with van der Waals surface area (Å²) in [7, 11) is 0. The minimum atomic E-state index is -0.0424. The zero-order valence-corrected chi connectivity index (χ0v) is 19.0. The Hall–Kier alpha value is -2.90. The predicted octanol–water partition coefficient (Wildman–Crippen LogP) is 1.93. The van der Waals surface area contributed by atoms with Crippen LogP contribution >= 0.6 is 0 Å². The van der Waals surface area contributed by atoms with E-state index < -0.39 is 0 Å². The van der Waals surface area contributed by atoms with Crippen LogP contribution in [0, 0.1) is 0 Å². The molecule has 1 aliphatic rings. The number of guanidine groups is 1. The average Bonchev–Trinajstić information content (AvgIpc) is 2.83. The molecule has 1 fully saturated rings. The number of hydrogen-bond acceptors (Lipinski definition) is 4. The number of rotatable bonds is 10. The van der Waals surface area contributed by atoms with Gasteiger partial charge in [0.15, 0.2) is 5.96 Å². The third-order valence-electron chi connectivity index (χ3n) is 5.36. The molecule has 0 bridgehead atoms. The number of morpholine rings is 1. The first-order chi connectivity index (χ1) is 15.7. The summed E-state index contributed by atoms with van der Waals surface area (Å²) in [4.78, 5) is 19.3. The summed E-state index contributed by atoms with van der Waals surface area (Å²) in [6.07, 6.45) is 0.820. The molecule has 7 heteroatoms. The lowest BCUT2D eigenvalue weighted by molar-refractivity contribution is -0.119. The van der Waals surface area contributed by atoms with E-state index in [9.17, 15) is 4.79 Å². The van der Waals surface area contributed by atoms with E-state index in [2.05, 4.69) is 51.2 Å². The first kappa shape index (κ1) is 23.8. The normalized spacial score (nSPS) is 14.7. The minimum absolute atomic E-state index is 0.0424. The lowest BCUT2D eigenvalue weighted by Gasteiger charge is -2.27. The molecule has 0 saturated carbocycles. The van der Waals surface area contributed by atoms with Crippen LogP contribution in [-0.2, 0) is 29.0 Å². The largest absolute Gasteiger partial charge is 0.379 e. The van der Waals surface area contributed by atoms with E-state index in [0.29, 0.717) is 19.0 Å². The molecule has 172 valence electrons. The molecule has 0 atom stereocenters. The summed E-state index contributed by atoms with van der Waals surface area (Å²) in [6.45, 7) is 8.53. The van der Waals surface area contributed by atoms with Gasteiger partial charge in [0.05, 0.1) is 26.3 Å². The van der Waals surface area contributed by atoms with E-state index in [0.717, 1.165) is 45.8 Å². The fraction of sp³-hybridized carbons (Fsp3) is 0.440. The molecule has 0 spiro atoms. The molecule has 3 rings (SSSR count). The fourth-order valence-electron chi connectivity index (χ4n) is 3.59. The zero-order valence-electron chi connectivity index (χ0n) is 19.0. The Morgan fingerprint density at radius 3 is 2.44 bits per heavy atom. The Bertz CT molecular complexity index is 850. The van der Waals surface area contributed by atoms with Crippen molar-refractivity contribution in [2.75, 3.05) is 45.9 Å². The number of carbonyl (C=O) groups is 1. The van der Waals surface area contributed by atoms with Crippen LogP contribution in [0.25, 0.3) is 0 Å². The van der Waals surface area contributed by atoms with Crippen LogP contribution in [-0.4, -0.2) is 62.7 Å². The van der Waals surface area contributed by atoms with E-state index >= 15 is 0 Å². The molecule has 1 aliphatic heterocycles. The maximum atomic E-state index is 12.2. The van der Waals surface area contributed by atoms with Gasteiger partial charge in [0.1, 0.15) is 0 Å². The van der Waals surface area contributed by atoms with Crippen molar-refractivity contribution in [3.05, 3.63) is 71.3 Å². The van der Waals surface area contributed by atoms with Gasteiger partial charge >= 0.3 is 0 Å². The van der Waals surface area contributed by atoms with Crippen LogP contribution in [0.4, 0.5) is 0 Å². The Morgan fingerprint density at radius 1 is 0.969 bits per heavy atom. The summed E-state index contributed by atoms with van der Waals surface area (Å²) in [6, 6.07) is 18.6. The van der Waals surface area contributed by atoms with E-state index in [1.807, 2.05) is 31.2 Å². The van der Waals surface area contributed by atoms with E-state index in [1.54, 1.807) is 0 Å². The topological polar surface area (TPSA) is 78.0 Å². The SMILES string of the molecule is CCNC(=NCc1ccccc1CN1CCOCC1)NCC(=O)NCCc1ccccc1. The van der Waals surface area contributed by atoms with Gasteiger partial charge in [0.2, 0.25) is 5.91 Å². The molecule has 7 nitrogen and oxygen atoms in total. The Kier molecular flexibility index (Phi) is 10.0. The standard InChI is InChI=1S/C25H35N5O2/c1-2-26-25(29-19-24(31)27-13-12-21-8-4-3-5-9-21)28-18-22-10-6-7-11-23(22)20-30-14-16-32-17-15-30/h3-11H,2,12-20H2,1H3,(H,27,31)(H2,26,28,29). The second kappa shape index (κ2) is 13.5. The predicted molar refractivity (Wildman–Crippen MR) is 129 cm³/mol. The first-order valence-electron chi connectivity index (χ1n) is 11.4. The molecule has 32 heavy (non-hydrogen) atoms. The van der Waals surface area contributed by atoms with Crippen molar-refractivity contribution in [2.45, 2.75) is 26.4 Å². The minimum Gasteiger partial charge on any atom is -0.379 e. The van der Waals surface area contributed by atoms with E-state index in [4.69, 9.17) is 9.73 Å². The third-order valence-corrected chi connectivity index (χ3v) is 5.36. The zero-order chi connectivity index (χ0) is 22.4. The lowest BCUT2D eigenvalue weighted by Crippen LogP contribution is -2.43.